The van der Waals surface area contributed by atoms with E-state index in [1.54, 1.807) is 13.2 Å². The summed E-state index contributed by atoms with van der Waals surface area (Å²) < 4.78 is 33.7. The molecule has 0 saturated heterocycles. The summed E-state index contributed by atoms with van der Waals surface area (Å²) in [5, 5.41) is 12.1. The summed E-state index contributed by atoms with van der Waals surface area (Å²) in [6.45, 7) is 0.861. The maximum absolute atomic E-state index is 14.0. The minimum Gasteiger partial charge on any atom is -0.385 e. The highest BCUT2D eigenvalue weighted by molar-refractivity contribution is 7.71. The van der Waals surface area contributed by atoms with Crippen LogP contribution in [0.2, 0.25) is 0 Å². The first kappa shape index (κ1) is 22.3. The number of fused-ring (bicyclic) bond motifs is 1. The van der Waals surface area contributed by atoms with Gasteiger partial charge in [0, 0.05) is 37.5 Å². The van der Waals surface area contributed by atoms with E-state index in [1.165, 1.54) is 22.8 Å². The highest BCUT2D eigenvalue weighted by atomic mass is 32.1. The summed E-state index contributed by atoms with van der Waals surface area (Å²) in [6.07, 6.45) is 0.607. The highest BCUT2D eigenvalue weighted by Crippen LogP contribution is 2.19. The highest BCUT2D eigenvalue weighted by Gasteiger charge is 2.19. The van der Waals surface area contributed by atoms with Gasteiger partial charge in [0.2, 0.25) is 0 Å². The van der Waals surface area contributed by atoms with E-state index >= 15 is 0 Å². The number of benzene rings is 2. The van der Waals surface area contributed by atoms with Gasteiger partial charge in [-0.1, -0.05) is 6.07 Å². The van der Waals surface area contributed by atoms with Crippen molar-refractivity contribution in [2.24, 2.45) is 0 Å². The number of ether oxygens (including phenoxy) is 1. The maximum Gasteiger partial charge on any atom is 0.262 e. The van der Waals surface area contributed by atoms with Crippen LogP contribution in [-0.4, -0.2) is 29.2 Å². The molecular formula is C21H18F2N4O3S. The molecule has 7 nitrogen and oxygen atoms in total. The van der Waals surface area contributed by atoms with Crippen molar-refractivity contribution >= 4 is 29.0 Å². The number of amides is 1. The van der Waals surface area contributed by atoms with Crippen LogP contribution in [0, 0.1) is 27.7 Å². The number of methoxy groups -OCH3 is 1. The van der Waals surface area contributed by atoms with Crippen molar-refractivity contribution in [3.8, 4) is 6.07 Å². The Kier molecular flexibility index (Phi) is 6.89. The van der Waals surface area contributed by atoms with Crippen molar-refractivity contribution < 1.29 is 18.3 Å². The van der Waals surface area contributed by atoms with Crippen LogP contribution in [0.1, 0.15) is 28.4 Å². The lowest BCUT2D eigenvalue weighted by Gasteiger charge is -2.13. The molecule has 0 aliphatic rings. The summed E-state index contributed by atoms with van der Waals surface area (Å²) in [6, 6.07) is 7.53. The lowest BCUT2D eigenvalue weighted by molar-refractivity contribution is 0.0945. The van der Waals surface area contributed by atoms with E-state index in [4.69, 9.17) is 17.0 Å². The van der Waals surface area contributed by atoms with Crippen LogP contribution in [0.15, 0.2) is 41.2 Å². The van der Waals surface area contributed by atoms with Gasteiger partial charge in [-0.05, 0) is 42.9 Å². The van der Waals surface area contributed by atoms with Gasteiger partial charge in [0.05, 0.1) is 17.0 Å². The largest absolute Gasteiger partial charge is 0.385 e. The SMILES string of the molecule is COCCCn1c(=S)[nH]c2cc(C(=O)NC(C#N)c3ccc(F)cc3F)ccc2c1=O. The van der Waals surface area contributed by atoms with Gasteiger partial charge >= 0.3 is 0 Å². The van der Waals surface area contributed by atoms with Gasteiger partial charge in [-0.3, -0.25) is 14.2 Å². The third kappa shape index (κ3) is 4.84. The number of nitrogens with zero attached hydrogens (tertiary/aromatic N) is 2. The van der Waals surface area contributed by atoms with E-state index in [0.717, 1.165) is 12.1 Å². The Morgan fingerprint density at radius 1 is 1.32 bits per heavy atom. The Hall–Kier alpha value is -3.42. The van der Waals surface area contributed by atoms with Crippen molar-refractivity contribution in [2.75, 3.05) is 13.7 Å². The molecule has 1 heterocycles. The fourth-order valence-electron chi connectivity index (χ4n) is 3.10. The van der Waals surface area contributed by atoms with Crippen molar-refractivity contribution in [1.82, 2.24) is 14.9 Å². The minimum atomic E-state index is -1.32. The van der Waals surface area contributed by atoms with Crippen LogP contribution in [0.5, 0.6) is 0 Å². The summed E-state index contributed by atoms with van der Waals surface area (Å²) in [5.41, 5.74) is 0.0334. The molecule has 0 aliphatic heterocycles. The fourth-order valence-corrected chi connectivity index (χ4v) is 3.38. The van der Waals surface area contributed by atoms with Gasteiger partial charge in [-0.25, -0.2) is 8.78 Å². The third-order valence-corrected chi connectivity index (χ3v) is 4.97. The number of halogens is 2. The molecular weight excluding hydrogens is 426 g/mol. The van der Waals surface area contributed by atoms with Crippen molar-refractivity contribution in [3.05, 3.63) is 74.3 Å². The van der Waals surface area contributed by atoms with E-state index < -0.39 is 23.6 Å². The zero-order valence-corrected chi connectivity index (χ0v) is 17.3. The molecule has 0 fully saturated rings. The quantitative estimate of drug-likeness (QED) is 0.430. The molecule has 3 aromatic rings. The topological polar surface area (TPSA) is 99.9 Å². The van der Waals surface area contributed by atoms with E-state index in [1.807, 2.05) is 0 Å². The molecule has 2 aromatic carbocycles. The molecule has 3 rings (SSSR count). The van der Waals surface area contributed by atoms with E-state index in [0.29, 0.717) is 36.5 Å². The van der Waals surface area contributed by atoms with Gasteiger partial charge in [-0.15, -0.1) is 0 Å². The van der Waals surface area contributed by atoms with Crippen molar-refractivity contribution in [3.63, 3.8) is 0 Å². The molecule has 0 saturated carbocycles. The van der Waals surface area contributed by atoms with Gasteiger partial charge in [0.25, 0.3) is 11.5 Å². The molecule has 0 spiro atoms. The first-order valence-electron chi connectivity index (χ1n) is 9.27. The molecule has 2 N–H and O–H groups in total. The normalized spacial score (nSPS) is 11.8. The Morgan fingerprint density at radius 3 is 2.77 bits per heavy atom. The Balaban J connectivity index is 1.89. The summed E-state index contributed by atoms with van der Waals surface area (Å²) in [5.74, 6) is -2.40. The van der Waals surface area contributed by atoms with Crippen molar-refractivity contribution in [2.45, 2.75) is 19.0 Å². The van der Waals surface area contributed by atoms with Crippen LogP contribution < -0.4 is 10.9 Å². The second-order valence-corrected chi connectivity index (χ2v) is 7.08. The van der Waals surface area contributed by atoms with E-state index in [-0.39, 0.29) is 21.5 Å². The molecule has 160 valence electrons. The first-order valence-corrected chi connectivity index (χ1v) is 9.67. The molecule has 0 radical (unpaired) electrons. The minimum absolute atomic E-state index is 0.137. The predicted molar refractivity (Wildman–Crippen MR) is 112 cm³/mol. The van der Waals surface area contributed by atoms with Gasteiger partial charge in [0.1, 0.15) is 17.7 Å². The monoisotopic (exact) mass is 444 g/mol. The standard InChI is InChI=1S/C21H18F2N4O3S/c1-30-8-2-7-27-20(29)15-5-3-12(9-17(15)26-21(27)31)19(28)25-18(11-24)14-6-4-13(22)10-16(14)23/h3-6,9-10,18H,2,7-8H2,1H3,(H,25,28)(H,26,31). The van der Waals surface area contributed by atoms with E-state index in [2.05, 4.69) is 10.3 Å². The van der Waals surface area contributed by atoms with Crippen LogP contribution in [0.4, 0.5) is 8.78 Å². The Labute approximate surface area is 180 Å². The average molecular weight is 444 g/mol. The smallest absolute Gasteiger partial charge is 0.262 e. The number of nitrogens with one attached hydrogen (secondary N) is 2. The average Bonchev–Trinajstić information content (AvgIpc) is 2.74. The number of hydrogen-bond acceptors (Lipinski definition) is 5. The maximum atomic E-state index is 14.0. The number of carbonyl (C=O) groups is 1. The van der Waals surface area contributed by atoms with E-state index in [9.17, 15) is 23.6 Å². The summed E-state index contributed by atoms with van der Waals surface area (Å²) >= 11 is 5.25. The van der Waals surface area contributed by atoms with Crippen molar-refractivity contribution in [1.29, 1.82) is 5.26 Å². The number of H-pyrrole nitrogens is 1. The molecule has 10 heteroatoms. The van der Waals surface area contributed by atoms with Crippen LogP contribution >= 0.6 is 12.2 Å². The van der Waals surface area contributed by atoms with Crippen LogP contribution in [0.25, 0.3) is 10.9 Å². The van der Waals surface area contributed by atoms with Gasteiger partial charge < -0.3 is 15.0 Å². The first-order chi connectivity index (χ1) is 14.8. The van der Waals surface area contributed by atoms with Gasteiger partial charge in [-0.2, -0.15) is 5.26 Å². The molecule has 31 heavy (non-hydrogen) atoms. The zero-order chi connectivity index (χ0) is 22.5. The number of nitriles is 1. The summed E-state index contributed by atoms with van der Waals surface area (Å²) in [4.78, 5) is 28.3. The zero-order valence-electron chi connectivity index (χ0n) is 16.4. The fraction of sp³-hybridized carbons (Fsp3) is 0.238. The second-order valence-electron chi connectivity index (χ2n) is 6.70. The number of carbonyl (C=O) groups excluding carboxylic acids is 1. The number of aromatic nitrogens is 2. The Bertz CT molecular complexity index is 1300. The lowest BCUT2D eigenvalue weighted by atomic mass is 10.1. The molecule has 1 atom stereocenters. The number of hydrogen-bond donors (Lipinski definition) is 2. The van der Waals surface area contributed by atoms with Crippen LogP contribution in [0.3, 0.4) is 0 Å². The molecule has 1 unspecified atom stereocenters. The molecule has 1 aromatic heterocycles. The number of rotatable bonds is 7. The second kappa shape index (κ2) is 9.59. The third-order valence-electron chi connectivity index (χ3n) is 4.65. The van der Waals surface area contributed by atoms with Gasteiger partial charge in [0.15, 0.2) is 4.77 Å². The molecule has 1 amide bonds. The van der Waals surface area contributed by atoms with Crippen LogP contribution in [-0.2, 0) is 11.3 Å². The predicted octanol–water partition coefficient (Wildman–Crippen LogP) is 3.37. The molecule has 0 bridgehead atoms. The lowest BCUT2D eigenvalue weighted by Crippen LogP contribution is -2.28. The Morgan fingerprint density at radius 2 is 2.10 bits per heavy atom. The molecule has 0 aliphatic carbocycles. The summed E-state index contributed by atoms with van der Waals surface area (Å²) in [7, 11) is 1.57. The number of aromatic amines is 1.